The lowest BCUT2D eigenvalue weighted by Gasteiger charge is -2.61. The third-order valence-corrected chi connectivity index (χ3v) is 12.0. The Morgan fingerprint density at radius 2 is 1.76 bits per heavy atom. The van der Waals surface area contributed by atoms with Crippen molar-refractivity contribution in [1.82, 2.24) is 0 Å². The largest absolute Gasteiger partial charge is 0.463 e. The molecule has 0 bridgehead atoms. The molecule has 0 aromatic rings. The summed E-state index contributed by atoms with van der Waals surface area (Å²) < 4.78 is 18.6. The smallest absolute Gasteiger partial charge is 0.302 e. The number of carbonyl (C=O) groups excluding carboxylic acids is 2. The molecule has 5 nitrogen and oxygen atoms in total. The molecular weight excluding hydrogens is 428 g/mol. The number of rotatable bonds is 1. The SMILES string of the molecule is CC(=O)OC1CC[C@@]2(C)C(CCC3C2CC[C@@]2(C)C3C[C@@H]3O[C@@]4(OCC(C)CC4=O)[C@@H](C)[C@@H]32)C1. The number of ketones is 1. The van der Waals surface area contributed by atoms with Crippen LogP contribution in [-0.2, 0) is 23.8 Å². The van der Waals surface area contributed by atoms with Gasteiger partial charge in [-0.2, -0.15) is 0 Å². The third kappa shape index (κ3) is 3.11. The van der Waals surface area contributed by atoms with Crippen molar-refractivity contribution < 1.29 is 23.8 Å². The minimum atomic E-state index is -0.981. The van der Waals surface area contributed by atoms with Gasteiger partial charge >= 0.3 is 5.97 Å². The van der Waals surface area contributed by atoms with E-state index in [1.54, 1.807) is 6.92 Å². The fourth-order valence-electron chi connectivity index (χ4n) is 10.5. The Morgan fingerprint density at radius 1 is 1.00 bits per heavy atom. The van der Waals surface area contributed by atoms with E-state index >= 15 is 0 Å². The number of fused-ring (bicyclic) bond motifs is 7. The molecule has 2 aliphatic heterocycles. The highest BCUT2D eigenvalue weighted by atomic mass is 16.7. The molecule has 190 valence electrons. The zero-order chi connectivity index (χ0) is 24.0. The Labute approximate surface area is 205 Å². The summed E-state index contributed by atoms with van der Waals surface area (Å²) in [5.74, 6) is 2.79. The van der Waals surface area contributed by atoms with Crippen LogP contribution in [0.2, 0.25) is 0 Å². The first-order chi connectivity index (χ1) is 16.1. The summed E-state index contributed by atoms with van der Waals surface area (Å²) in [6, 6.07) is 0. The Bertz CT molecular complexity index is 871. The predicted molar refractivity (Wildman–Crippen MR) is 128 cm³/mol. The fourth-order valence-corrected chi connectivity index (χ4v) is 10.5. The Morgan fingerprint density at radius 3 is 2.50 bits per heavy atom. The Kier molecular flexibility index (Phi) is 5.37. The quantitative estimate of drug-likeness (QED) is 0.469. The molecule has 4 saturated carbocycles. The summed E-state index contributed by atoms with van der Waals surface area (Å²) in [6.45, 7) is 11.6. The van der Waals surface area contributed by atoms with E-state index in [0.29, 0.717) is 42.1 Å². The lowest BCUT2D eigenvalue weighted by molar-refractivity contribution is -0.252. The summed E-state index contributed by atoms with van der Waals surface area (Å²) in [5.41, 5.74) is 0.602. The van der Waals surface area contributed by atoms with E-state index in [-0.39, 0.29) is 35.3 Å². The van der Waals surface area contributed by atoms with Gasteiger partial charge in [-0.3, -0.25) is 9.59 Å². The van der Waals surface area contributed by atoms with Crippen LogP contribution in [0.15, 0.2) is 0 Å². The first-order valence-electron chi connectivity index (χ1n) is 14.1. The van der Waals surface area contributed by atoms with E-state index in [0.717, 1.165) is 31.1 Å². The van der Waals surface area contributed by atoms with E-state index in [4.69, 9.17) is 14.2 Å². The van der Waals surface area contributed by atoms with Crippen LogP contribution < -0.4 is 0 Å². The second-order valence-corrected chi connectivity index (χ2v) is 13.6. The van der Waals surface area contributed by atoms with Crippen molar-refractivity contribution in [3.63, 3.8) is 0 Å². The van der Waals surface area contributed by atoms with Crippen LogP contribution in [0.1, 0.15) is 92.4 Å². The first-order valence-corrected chi connectivity index (χ1v) is 14.1. The van der Waals surface area contributed by atoms with Gasteiger partial charge in [0.05, 0.1) is 12.7 Å². The zero-order valence-electron chi connectivity index (χ0n) is 21.8. The molecule has 0 amide bonds. The fraction of sp³-hybridized carbons (Fsp3) is 0.931. The van der Waals surface area contributed by atoms with Gasteiger partial charge < -0.3 is 14.2 Å². The number of hydrogen-bond acceptors (Lipinski definition) is 5. The van der Waals surface area contributed by atoms with Gasteiger partial charge in [-0.1, -0.05) is 27.7 Å². The second-order valence-electron chi connectivity index (χ2n) is 13.6. The maximum Gasteiger partial charge on any atom is 0.302 e. The van der Waals surface area contributed by atoms with Gasteiger partial charge in [-0.05, 0) is 97.7 Å². The monoisotopic (exact) mass is 472 g/mol. The summed E-state index contributed by atoms with van der Waals surface area (Å²) in [6.07, 6.45) is 10.3. The first kappa shape index (κ1) is 23.5. The van der Waals surface area contributed by atoms with Gasteiger partial charge in [0, 0.05) is 19.3 Å². The molecule has 0 aromatic carbocycles. The van der Waals surface area contributed by atoms with E-state index in [1.807, 2.05) is 0 Å². The highest BCUT2D eigenvalue weighted by molar-refractivity contribution is 5.87. The number of Topliss-reactive ketones (excluding diaryl/α,β-unsaturated/α-hetero) is 1. The molecule has 2 heterocycles. The molecule has 34 heavy (non-hydrogen) atoms. The summed E-state index contributed by atoms with van der Waals surface area (Å²) >= 11 is 0. The van der Waals surface area contributed by atoms with E-state index in [9.17, 15) is 9.59 Å². The highest BCUT2D eigenvalue weighted by Crippen LogP contribution is 2.71. The van der Waals surface area contributed by atoms with Crippen molar-refractivity contribution in [3.05, 3.63) is 0 Å². The normalized spacial score (nSPS) is 56.4. The van der Waals surface area contributed by atoms with Crippen LogP contribution in [-0.4, -0.2) is 36.4 Å². The van der Waals surface area contributed by atoms with Gasteiger partial charge in [-0.25, -0.2) is 0 Å². The molecule has 12 atom stereocenters. The molecule has 6 fully saturated rings. The summed E-state index contributed by atoms with van der Waals surface area (Å²) in [4.78, 5) is 24.7. The van der Waals surface area contributed by atoms with Gasteiger partial charge in [0.1, 0.15) is 6.10 Å². The standard InChI is InChI=1S/C29H44O5/c1-16-12-25(31)29(32-15-16)17(2)26-24(34-29)14-23-21-7-6-19-13-20(33-18(3)30)8-10-27(19,4)22(21)9-11-28(23,26)5/h16-17,19-24,26H,6-15H2,1-5H3/t16?,17-,19?,20?,21?,22?,23?,24-,26-,27-,28-,29-/m0/s1. The van der Waals surface area contributed by atoms with Gasteiger partial charge in [-0.15, -0.1) is 0 Å². The molecular formula is C29H44O5. The average molecular weight is 473 g/mol. The number of esters is 1. The van der Waals surface area contributed by atoms with Crippen LogP contribution in [0.25, 0.3) is 0 Å². The zero-order valence-corrected chi connectivity index (χ0v) is 21.8. The molecule has 1 spiro atoms. The van der Waals surface area contributed by atoms with Crippen molar-refractivity contribution >= 4 is 11.8 Å². The molecule has 0 N–H and O–H groups in total. The van der Waals surface area contributed by atoms with E-state index < -0.39 is 5.79 Å². The molecule has 0 aromatic heterocycles. The van der Waals surface area contributed by atoms with Crippen molar-refractivity contribution in [2.75, 3.05) is 6.61 Å². The van der Waals surface area contributed by atoms with Gasteiger partial charge in [0.2, 0.25) is 5.79 Å². The topological polar surface area (TPSA) is 61.8 Å². The maximum atomic E-state index is 13.2. The van der Waals surface area contributed by atoms with Crippen LogP contribution in [0.3, 0.4) is 0 Å². The number of hydrogen-bond donors (Lipinski definition) is 0. The molecule has 4 aliphatic carbocycles. The van der Waals surface area contributed by atoms with Crippen LogP contribution in [0, 0.1) is 52.3 Å². The minimum absolute atomic E-state index is 0.119. The Balaban J connectivity index is 1.22. The lowest BCUT2D eigenvalue weighted by Crippen LogP contribution is -2.56. The van der Waals surface area contributed by atoms with Gasteiger partial charge in [0.25, 0.3) is 0 Å². The Hall–Kier alpha value is -0.940. The van der Waals surface area contributed by atoms with Crippen molar-refractivity contribution in [2.45, 2.75) is 110 Å². The van der Waals surface area contributed by atoms with Crippen molar-refractivity contribution in [1.29, 1.82) is 0 Å². The maximum absolute atomic E-state index is 13.2. The van der Waals surface area contributed by atoms with Crippen molar-refractivity contribution in [3.8, 4) is 0 Å². The molecule has 6 aliphatic rings. The second kappa shape index (κ2) is 7.78. The third-order valence-electron chi connectivity index (χ3n) is 12.0. The highest BCUT2D eigenvalue weighted by Gasteiger charge is 2.70. The minimum Gasteiger partial charge on any atom is -0.463 e. The molecule has 6 unspecified atom stereocenters. The molecule has 2 saturated heterocycles. The average Bonchev–Trinajstić information content (AvgIpc) is 3.22. The lowest BCUT2D eigenvalue weighted by atomic mass is 9.44. The van der Waals surface area contributed by atoms with Crippen LogP contribution >= 0.6 is 0 Å². The van der Waals surface area contributed by atoms with E-state index in [1.165, 1.54) is 32.1 Å². The molecule has 0 radical (unpaired) electrons. The number of carbonyl (C=O) groups is 2. The van der Waals surface area contributed by atoms with Crippen molar-refractivity contribution in [2.24, 2.45) is 52.3 Å². The van der Waals surface area contributed by atoms with Gasteiger partial charge in [0.15, 0.2) is 5.78 Å². The summed E-state index contributed by atoms with van der Waals surface area (Å²) in [7, 11) is 0. The van der Waals surface area contributed by atoms with E-state index in [2.05, 4.69) is 27.7 Å². The molecule has 5 heteroatoms. The molecule has 6 rings (SSSR count). The van der Waals surface area contributed by atoms with Crippen LogP contribution in [0.4, 0.5) is 0 Å². The number of ether oxygens (including phenoxy) is 3. The predicted octanol–water partition coefficient (Wildman–Crippen LogP) is 5.54. The summed E-state index contributed by atoms with van der Waals surface area (Å²) in [5, 5.41) is 0. The van der Waals surface area contributed by atoms with Crippen LogP contribution in [0.5, 0.6) is 0 Å².